The van der Waals surface area contributed by atoms with Gasteiger partial charge in [0.15, 0.2) is 4.67 Å². The van der Waals surface area contributed by atoms with Gasteiger partial charge < -0.3 is 9.15 Å². The van der Waals surface area contributed by atoms with E-state index in [0.717, 1.165) is 11.3 Å². The van der Waals surface area contributed by atoms with Gasteiger partial charge in [-0.3, -0.25) is 4.98 Å². The van der Waals surface area contributed by atoms with Crippen LogP contribution in [0.3, 0.4) is 0 Å². The maximum atomic E-state index is 11.9. The monoisotopic (exact) mass is 369 g/mol. The van der Waals surface area contributed by atoms with Crippen LogP contribution in [0.15, 0.2) is 69.9 Å². The maximum absolute atomic E-state index is 11.9. The largest absolute Gasteiger partial charge is 0.442 e. The van der Waals surface area contributed by atoms with Crippen molar-refractivity contribution < 1.29 is 13.9 Å². The van der Waals surface area contributed by atoms with Crippen LogP contribution in [0.4, 0.5) is 0 Å². The summed E-state index contributed by atoms with van der Waals surface area (Å²) in [5, 5.41) is 0. The third-order valence-electron chi connectivity index (χ3n) is 3.00. The van der Waals surface area contributed by atoms with Crippen LogP contribution in [0.2, 0.25) is 0 Å². The van der Waals surface area contributed by atoms with Crippen LogP contribution < -0.4 is 4.74 Å². The predicted molar refractivity (Wildman–Crippen MR) is 91.0 cm³/mol. The van der Waals surface area contributed by atoms with Gasteiger partial charge >= 0.3 is 5.97 Å². The summed E-state index contributed by atoms with van der Waals surface area (Å²) < 4.78 is 10.9. The lowest BCUT2D eigenvalue weighted by atomic mass is 10.2. The predicted octanol–water partition coefficient (Wildman–Crippen LogP) is 4.83. The summed E-state index contributed by atoms with van der Waals surface area (Å²) in [6.45, 7) is 0. The van der Waals surface area contributed by atoms with E-state index in [9.17, 15) is 4.79 Å². The highest BCUT2D eigenvalue weighted by Gasteiger charge is 2.12. The highest BCUT2D eigenvalue weighted by molar-refractivity contribution is 9.10. The van der Waals surface area contributed by atoms with E-state index in [2.05, 4.69) is 20.9 Å². The van der Waals surface area contributed by atoms with Gasteiger partial charge in [-0.05, 0) is 64.0 Å². The Morgan fingerprint density at radius 2 is 1.87 bits per heavy atom. The van der Waals surface area contributed by atoms with Crippen molar-refractivity contribution in [1.82, 2.24) is 4.98 Å². The first-order valence-corrected chi connectivity index (χ1v) is 7.67. The zero-order valence-electron chi connectivity index (χ0n) is 12.0. The topological polar surface area (TPSA) is 52.3 Å². The zero-order chi connectivity index (χ0) is 16.1. The van der Waals surface area contributed by atoms with E-state index < -0.39 is 5.97 Å². The molecule has 0 amide bonds. The summed E-state index contributed by atoms with van der Waals surface area (Å²) >= 11 is 3.14. The Hall–Kier alpha value is -2.66. The minimum absolute atomic E-state index is 0.149. The fourth-order valence-electron chi connectivity index (χ4n) is 1.88. The Morgan fingerprint density at radius 1 is 1.04 bits per heavy atom. The average Bonchev–Trinajstić information content (AvgIpc) is 3.02. The first-order valence-electron chi connectivity index (χ1n) is 6.87. The first kappa shape index (κ1) is 15.2. The summed E-state index contributed by atoms with van der Waals surface area (Å²) in [6.07, 6.45) is 5.61. The molecule has 0 aliphatic carbocycles. The molecule has 2 aromatic heterocycles. The lowest BCUT2D eigenvalue weighted by Gasteiger charge is -2.02. The first-order chi connectivity index (χ1) is 11.2. The molecule has 0 unspecified atom stereocenters. The van der Waals surface area contributed by atoms with Crippen LogP contribution in [0.5, 0.6) is 5.75 Å². The number of hydrogen-bond acceptors (Lipinski definition) is 4. The van der Waals surface area contributed by atoms with Crippen LogP contribution in [-0.4, -0.2) is 11.0 Å². The van der Waals surface area contributed by atoms with Gasteiger partial charge in [-0.15, -0.1) is 0 Å². The molecule has 0 saturated carbocycles. The Labute approximate surface area is 141 Å². The van der Waals surface area contributed by atoms with Crippen LogP contribution in [0, 0.1) is 0 Å². The smallest absolute Gasteiger partial charge is 0.379 e. The molecule has 4 nitrogen and oxygen atoms in total. The minimum Gasteiger partial charge on any atom is -0.442 e. The number of carbonyl (C=O) groups excluding carboxylic acids is 1. The normalized spacial score (nSPS) is 10.8. The van der Waals surface area contributed by atoms with Gasteiger partial charge in [0.2, 0.25) is 5.76 Å². The molecule has 114 valence electrons. The number of pyridine rings is 1. The number of rotatable bonds is 4. The molecule has 0 spiro atoms. The SMILES string of the molecule is O=C(Oc1ccc(/C=C/c2ccccn2)cc1)c1ccc(Br)o1. The van der Waals surface area contributed by atoms with Gasteiger partial charge in [0.1, 0.15) is 5.75 Å². The number of aromatic nitrogens is 1. The van der Waals surface area contributed by atoms with Crippen molar-refractivity contribution in [3.8, 4) is 5.75 Å². The van der Waals surface area contributed by atoms with Crippen LogP contribution >= 0.6 is 15.9 Å². The molecule has 3 aromatic rings. The number of hydrogen-bond donors (Lipinski definition) is 0. The standard InChI is InChI=1S/C18H12BrNO3/c19-17-11-10-16(23-17)18(21)22-15-8-5-13(6-9-15)4-7-14-3-1-2-12-20-14/h1-12H/b7-4+. The molecule has 0 atom stereocenters. The maximum Gasteiger partial charge on any atom is 0.379 e. The van der Waals surface area contributed by atoms with Crippen molar-refractivity contribution >= 4 is 34.1 Å². The van der Waals surface area contributed by atoms with Crippen LogP contribution in [-0.2, 0) is 0 Å². The molecule has 0 aliphatic heterocycles. The van der Waals surface area contributed by atoms with Crippen molar-refractivity contribution in [3.63, 3.8) is 0 Å². The number of ether oxygens (including phenoxy) is 1. The average molecular weight is 370 g/mol. The number of esters is 1. The van der Waals surface area contributed by atoms with E-state index in [4.69, 9.17) is 9.15 Å². The summed E-state index contributed by atoms with van der Waals surface area (Å²) in [5.74, 6) is 0.0704. The van der Waals surface area contributed by atoms with E-state index in [1.54, 1.807) is 30.5 Å². The molecule has 23 heavy (non-hydrogen) atoms. The van der Waals surface area contributed by atoms with Crippen molar-refractivity contribution in [3.05, 3.63) is 82.5 Å². The molecule has 0 saturated heterocycles. The molecule has 0 fully saturated rings. The van der Waals surface area contributed by atoms with Gasteiger partial charge in [0, 0.05) is 6.20 Å². The molecule has 2 heterocycles. The van der Waals surface area contributed by atoms with E-state index in [-0.39, 0.29) is 5.76 Å². The second kappa shape index (κ2) is 7.07. The summed E-state index contributed by atoms with van der Waals surface area (Å²) in [6, 6.07) is 16.1. The number of furan rings is 1. The van der Waals surface area contributed by atoms with Gasteiger partial charge in [-0.2, -0.15) is 0 Å². The van der Waals surface area contributed by atoms with Crippen molar-refractivity contribution in [2.45, 2.75) is 0 Å². The lowest BCUT2D eigenvalue weighted by Crippen LogP contribution is -2.06. The molecular weight excluding hydrogens is 358 g/mol. The number of halogens is 1. The van der Waals surface area contributed by atoms with Crippen LogP contribution in [0.1, 0.15) is 21.8 Å². The Bertz CT molecular complexity index is 823. The molecule has 0 radical (unpaired) electrons. The van der Waals surface area contributed by atoms with Crippen molar-refractivity contribution in [2.75, 3.05) is 0 Å². The third-order valence-corrected chi connectivity index (χ3v) is 3.43. The van der Waals surface area contributed by atoms with Gasteiger partial charge in [-0.25, -0.2) is 4.79 Å². The van der Waals surface area contributed by atoms with Crippen molar-refractivity contribution in [1.29, 1.82) is 0 Å². The summed E-state index contributed by atoms with van der Waals surface area (Å²) in [5.41, 5.74) is 1.86. The second-order valence-corrected chi connectivity index (χ2v) is 5.43. The highest BCUT2D eigenvalue weighted by atomic mass is 79.9. The molecular formula is C18H12BrNO3. The van der Waals surface area contributed by atoms with Gasteiger partial charge in [-0.1, -0.05) is 24.3 Å². The second-order valence-electron chi connectivity index (χ2n) is 4.65. The summed E-state index contributed by atoms with van der Waals surface area (Å²) in [7, 11) is 0. The molecule has 0 bridgehead atoms. The minimum atomic E-state index is -0.535. The number of benzene rings is 1. The Balaban J connectivity index is 1.65. The summed E-state index contributed by atoms with van der Waals surface area (Å²) in [4.78, 5) is 16.1. The van der Waals surface area contributed by atoms with E-state index >= 15 is 0 Å². The molecule has 0 aliphatic rings. The van der Waals surface area contributed by atoms with Crippen LogP contribution in [0.25, 0.3) is 12.2 Å². The third kappa shape index (κ3) is 4.17. The molecule has 1 aromatic carbocycles. The Morgan fingerprint density at radius 3 is 2.52 bits per heavy atom. The highest BCUT2D eigenvalue weighted by Crippen LogP contribution is 2.18. The lowest BCUT2D eigenvalue weighted by molar-refractivity contribution is 0.0700. The van der Waals surface area contributed by atoms with Gasteiger partial charge in [0.25, 0.3) is 0 Å². The quantitative estimate of drug-likeness (QED) is 0.488. The fraction of sp³-hybridized carbons (Fsp3) is 0. The molecule has 3 rings (SSSR count). The number of carbonyl (C=O) groups is 1. The van der Waals surface area contributed by atoms with Crippen molar-refractivity contribution in [2.24, 2.45) is 0 Å². The zero-order valence-corrected chi connectivity index (χ0v) is 13.6. The molecule has 5 heteroatoms. The Kier molecular flexibility index (Phi) is 4.68. The number of nitrogens with zero attached hydrogens (tertiary/aromatic N) is 1. The van der Waals surface area contributed by atoms with E-state index in [1.807, 2.05) is 42.5 Å². The fourth-order valence-corrected chi connectivity index (χ4v) is 2.19. The van der Waals surface area contributed by atoms with E-state index in [1.165, 1.54) is 0 Å². The van der Waals surface area contributed by atoms with E-state index in [0.29, 0.717) is 10.4 Å². The molecule has 0 N–H and O–H groups in total. The van der Waals surface area contributed by atoms with Gasteiger partial charge in [0.05, 0.1) is 5.69 Å².